The van der Waals surface area contributed by atoms with Crippen molar-refractivity contribution in [2.24, 2.45) is 0 Å². The van der Waals surface area contributed by atoms with Crippen molar-refractivity contribution in [3.8, 4) is 5.75 Å². The van der Waals surface area contributed by atoms with Crippen LogP contribution in [0.2, 0.25) is 0 Å². The molecule has 3 aromatic rings. The van der Waals surface area contributed by atoms with Gasteiger partial charge in [-0.2, -0.15) is 0 Å². The van der Waals surface area contributed by atoms with E-state index in [-0.39, 0.29) is 11.7 Å². The minimum absolute atomic E-state index is 0.284. The molecule has 0 aliphatic rings. The molecule has 3 aromatic carbocycles. The van der Waals surface area contributed by atoms with Crippen LogP contribution >= 0.6 is 0 Å². The van der Waals surface area contributed by atoms with Crippen LogP contribution < -0.4 is 10.1 Å². The first-order chi connectivity index (χ1) is 13.7. The number of anilines is 1. The SMILES string of the molecule is O=C(/C=C/c1ccccc1)Nc1ccccc1OC(=O)/C=C/c1ccccc1. The number of hydrogen-bond donors (Lipinski definition) is 1. The molecule has 0 aliphatic carbocycles. The van der Waals surface area contributed by atoms with Gasteiger partial charge in [-0.25, -0.2) is 4.79 Å². The molecule has 0 heterocycles. The van der Waals surface area contributed by atoms with Crippen LogP contribution in [0, 0.1) is 0 Å². The quantitative estimate of drug-likeness (QED) is 0.380. The molecule has 28 heavy (non-hydrogen) atoms. The second-order valence-electron chi connectivity index (χ2n) is 5.89. The third-order valence-corrected chi connectivity index (χ3v) is 3.79. The van der Waals surface area contributed by atoms with E-state index >= 15 is 0 Å². The van der Waals surface area contributed by atoms with Crippen molar-refractivity contribution < 1.29 is 14.3 Å². The average molecular weight is 369 g/mol. The first-order valence-corrected chi connectivity index (χ1v) is 8.79. The fraction of sp³-hybridized carbons (Fsp3) is 0. The highest BCUT2D eigenvalue weighted by Crippen LogP contribution is 2.24. The van der Waals surface area contributed by atoms with Crippen molar-refractivity contribution in [1.29, 1.82) is 0 Å². The summed E-state index contributed by atoms with van der Waals surface area (Å²) in [5.74, 6) is -0.552. The molecule has 0 unspecified atom stereocenters. The molecule has 4 nitrogen and oxygen atoms in total. The van der Waals surface area contributed by atoms with Gasteiger partial charge in [0.2, 0.25) is 5.91 Å². The summed E-state index contributed by atoms with van der Waals surface area (Å²) < 4.78 is 5.37. The summed E-state index contributed by atoms with van der Waals surface area (Å²) in [5, 5.41) is 2.73. The Kier molecular flexibility index (Phi) is 6.53. The molecule has 4 heteroatoms. The van der Waals surface area contributed by atoms with Gasteiger partial charge in [0.1, 0.15) is 0 Å². The molecule has 138 valence electrons. The van der Waals surface area contributed by atoms with Crippen LogP contribution in [0.5, 0.6) is 5.75 Å². The largest absolute Gasteiger partial charge is 0.421 e. The molecule has 0 fully saturated rings. The van der Waals surface area contributed by atoms with Crippen molar-refractivity contribution >= 4 is 29.7 Å². The van der Waals surface area contributed by atoms with Gasteiger partial charge >= 0.3 is 5.97 Å². The van der Waals surface area contributed by atoms with Crippen LogP contribution in [0.15, 0.2) is 97.1 Å². The van der Waals surface area contributed by atoms with Gasteiger partial charge in [-0.3, -0.25) is 4.79 Å². The van der Waals surface area contributed by atoms with Gasteiger partial charge in [0, 0.05) is 12.2 Å². The fourth-order valence-corrected chi connectivity index (χ4v) is 2.44. The molecule has 0 radical (unpaired) electrons. The van der Waals surface area contributed by atoms with Crippen molar-refractivity contribution in [2.45, 2.75) is 0 Å². The first-order valence-electron chi connectivity index (χ1n) is 8.79. The number of esters is 1. The van der Waals surface area contributed by atoms with Gasteiger partial charge in [0.25, 0.3) is 0 Å². The Hall–Kier alpha value is -3.92. The van der Waals surface area contributed by atoms with Gasteiger partial charge in [-0.1, -0.05) is 72.8 Å². The van der Waals surface area contributed by atoms with Gasteiger partial charge in [0.05, 0.1) is 5.69 Å². The predicted octanol–water partition coefficient (Wildman–Crippen LogP) is 4.96. The number of carbonyl (C=O) groups excluding carboxylic acids is 2. The van der Waals surface area contributed by atoms with Crippen LogP contribution in [0.25, 0.3) is 12.2 Å². The Balaban J connectivity index is 1.64. The van der Waals surface area contributed by atoms with Crippen molar-refractivity contribution in [2.75, 3.05) is 5.32 Å². The van der Waals surface area contributed by atoms with E-state index in [1.54, 1.807) is 36.4 Å². The second-order valence-corrected chi connectivity index (χ2v) is 5.89. The number of benzene rings is 3. The molecular formula is C24H19NO3. The zero-order chi connectivity index (χ0) is 19.6. The Morgan fingerprint density at radius 2 is 1.21 bits per heavy atom. The maximum absolute atomic E-state index is 12.2. The number of nitrogens with one attached hydrogen (secondary N) is 1. The molecule has 1 N–H and O–H groups in total. The highest BCUT2D eigenvalue weighted by Gasteiger charge is 2.08. The summed E-state index contributed by atoms with van der Waals surface area (Å²) in [5.41, 5.74) is 2.24. The highest BCUT2D eigenvalue weighted by atomic mass is 16.5. The summed E-state index contributed by atoms with van der Waals surface area (Å²) in [7, 11) is 0. The molecule has 0 aliphatic heterocycles. The van der Waals surface area contributed by atoms with E-state index in [9.17, 15) is 9.59 Å². The molecule has 0 atom stereocenters. The Morgan fingerprint density at radius 1 is 0.679 bits per heavy atom. The topological polar surface area (TPSA) is 55.4 Å². The van der Waals surface area contributed by atoms with Crippen molar-refractivity contribution in [3.05, 3.63) is 108 Å². The molecule has 0 saturated heterocycles. The van der Waals surface area contributed by atoms with Gasteiger partial charge in [0.15, 0.2) is 5.75 Å². The molecule has 0 bridgehead atoms. The number of carbonyl (C=O) groups is 2. The van der Waals surface area contributed by atoms with Gasteiger partial charge in [-0.15, -0.1) is 0 Å². The molecule has 0 aromatic heterocycles. The average Bonchev–Trinajstić information content (AvgIpc) is 2.74. The van der Waals surface area contributed by atoms with Crippen LogP contribution in [-0.2, 0) is 9.59 Å². The lowest BCUT2D eigenvalue weighted by atomic mass is 10.2. The Labute approximate surface area is 163 Å². The Morgan fingerprint density at radius 3 is 1.86 bits per heavy atom. The number of ether oxygens (including phenoxy) is 1. The van der Waals surface area contributed by atoms with Gasteiger partial charge < -0.3 is 10.1 Å². The monoisotopic (exact) mass is 369 g/mol. The minimum atomic E-state index is -0.523. The lowest BCUT2D eigenvalue weighted by Gasteiger charge is -2.09. The van der Waals surface area contributed by atoms with E-state index in [0.29, 0.717) is 5.69 Å². The lowest BCUT2D eigenvalue weighted by Crippen LogP contribution is -2.11. The van der Waals surface area contributed by atoms with E-state index in [4.69, 9.17) is 4.74 Å². The number of hydrogen-bond acceptors (Lipinski definition) is 3. The van der Waals surface area contributed by atoms with Crippen molar-refractivity contribution in [1.82, 2.24) is 0 Å². The molecule has 0 spiro atoms. The van der Waals surface area contributed by atoms with Crippen LogP contribution in [-0.4, -0.2) is 11.9 Å². The lowest BCUT2D eigenvalue weighted by molar-refractivity contribution is -0.128. The summed E-state index contributed by atoms with van der Waals surface area (Å²) in [6.07, 6.45) is 6.17. The highest BCUT2D eigenvalue weighted by molar-refractivity contribution is 6.03. The molecule has 3 rings (SSSR count). The van der Waals surface area contributed by atoms with E-state index in [2.05, 4.69) is 5.32 Å². The smallest absolute Gasteiger partial charge is 0.336 e. The number of amides is 1. The fourth-order valence-electron chi connectivity index (χ4n) is 2.44. The third kappa shape index (κ3) is 5.81. The van der Waals surface area contributed by atoms with E-state index in [1.165, 1.54) is 12.2 Å². The third-order valence-electron chi connectivity index (χ3n) is 3.79. The van der Waals surface area contributed by atoms with E-state index in [1.807, 2.05) is 60.7 Å². The Bertz CT molecular complexity index is 910. The number of para-hydroxylation sites is 2. The standard InChI is InChI=1S/C24H19NO3/c26-23(17-15-19-9-3-1-4-10-19)25-21-13-7-8-14-22(21)28-24(27)18-16-20-11-5-2-6-12-20/h1-18H,(H,25,26)/b17-15+,18-16+. The first kappa shape index (κ1) is 18.9. The second kappa shape index (κ2) is 9.69. The normalized spacial score (nSPS) is 10.9. The maximum atomic E-state index is 12.2. The summed E-state index contributed by atoms with van der Waals surface area (Å²) >= 11 is 0. The molecule has 1 amide bonds. The molecule has 0 saturated carbocycles. The molecular weight excluding hydrogens is 350 g/mol. The summed E-state index contributed by atoms with van der Waals surface area (Å²) in [4.78, 5) is 24.3. The minimum Gasteiger partial charge on any atom is -0.421 e. The van der Waals surface area contributed by atoms with Crippen LogP contribution in [0.1, 0.15) is 11.1 Å². The number of rotatable bonds is 6. The van der Waals surface area contributed by atoms with Crippen LogP contribution in [0.3, 0.4) is 0 Å². The maximum Gasteiger partial charge on any atom is 0.336 e. The zero-order valence-electron chi connectivity index (χ0n) is 15.1. The van der Waals surface area contributed by atoms with Crippen LogP contribution in [0.4, 0.5) is 5.69 Å². The zero-order valence-corrected chi connectivity index (χ0v) is 15.1. The summed E-state index contributed by atoms with van der Waals surface area (Å²) in [6, 6.07) is 25.8. The summed E-state index contributed by atoms with van der Waals surface area (Å²) in [6.45, 7) is 0. The van der Waals surface area contributed by atoms with E-state index < -0.39 is 5.97 Å². The van der Waals surface area contributed by atoms with Gasteiger partial charge in [-0.05, 0) is 35.4 Å². The predicted molar refractivity (Wildman–Crippen MR) is 112 cm³/mol. The van der Waals surface area contributed by atoms with Crippen molar-refractivity contribution in [3.63, 3.8) is 0 Å². The van der Waals surface area contributed by atoms with E-state index in [0.717, 1.165) is 11.1 Å².